The molecule has 5 nitrogen and oxygen atoms in total. The summed E-state index contributed by atoms with van der Waals surface area (Å²) in [5, 5.41) is 12.7. The summed E-state index contributed by atoms with van der Waals surface area (Å²) in [4.78, 5) is 26.4. The van der Waals surface area contributed by atoms with Gasteiger partial charge >= 0.3 is 0 Å². The van der Waals surface area contributed by atoms with Gasteiger partial charge in [-0.3, -0.25) is 9.59 Å². The first-order chi connectivity index (χ1) is 14.7. The van der Waals surface area contributed by atoms with Crippen molar-refractivity contribution in [2.75, 3.05) is 0 Å². The Morgan fingerprint density at radius 3 is 2.60 bits per heavy atom. The van der Waals surface area contributed by atoms with Crippen molar-refractivity contribution in [2.24, 2.45) is 0 Å². The molecule has 6 heteroatoms. The third kappa shape index (κ3) is 3.44. The lowest BCUT2D eigenvalue weighted by atomic mass is 9.89. The number of amides is 1. The van der Waals surface area contributed by atoms with Gasteiger partial charge in [0.05, 0.1) is 11.4 Å². The molecule has 4 aromatic rings. The summed E-state index contributed by atoms with van der Waals surface area (Å²) in [5.41, 5.74) is 3.79. The number of nitrogens with one attached hydrogen (secondary N) is 2. The predicted molar refractivity (Wildman–Crippen MR) is 119 cm³/mol. The first-order valence-corrected chi connectivity index (χ1v) is 11.0. The first-order valence-electron chi connectivity index (χ1n) is 10.1. The number of aromatic amines is 1. The molecule has 2 heterocycles. The smallest absolute Gasteiger partial charge is 0.273 e. The van der Waals surface area contributed by atoms with Crippen molar-refractivity contribution < 1.29 is 4.79 Å². The van der Waals surface area contributed by atoms with Crippen LogP contribution in [0.5, 0.6) is 0 Å². The second kappa shape index (κ2) is 7.88. The SMILES string of the molecule is O=C(NC(c1ccc2c(c1)CCCC2)c1cccs1)c1n[nH]c(=O)c2ccccc12. The third-order valence-corrected chi connectivity index (χ3v) is 6.66. The van der Waals surface area contributed by atoms with Gasteiger partial charge in [0.15, 0.2) is 5.69 Å². The number of benzene rings is 2. The first kappa shape index (κ1) is 18.8. The van der Waals surface area contributed by atoms with Crippen molar-refractivity contribution in [2.45, 2.75) is 31.7 Å². The summed E-state index contributed by atoms with van der Waals surface area (Å²) in [7, 11) is 0. The van der Waals surface area contributed by atoms with Crippen LogP contribution < -0.4 is 10.9 Å². The molecule has 0 saturated heterocycles. The molecule has 0 aliphatic heterocycles. The molecular weight excluding hydrogens is 394 g/mol. The van der Waals surface area contributed by atoms with Crippen LogP contribution >= 0.6 is 11.3 Å². The highest BCUT2D eigenvalue weighted by atomic mass is 32.1. The number of rotatable bonds is 4. The molecule has 1 aliphatic carbocycles. The quantitative estimate of drug-likeness (QED) is 0.519. The Labute approximate surface area is 177 Å². The number of aromatic nitrogens is 2. The largest absolute Gasteiger partial charge is 0.339 e. The Bertz CT molecular complexity index is 1280. The molecule has 0 spiro atoms. The van der Waals surface area contributed by atoms with Crippen molar-refractivity contribution in [1.29, 1.82) is 0 Å². The lowest BCUT2D eigenvalue weighted by molar-refractivity contribution is 0.0939. The average molecular weight is 416 g/mol. The lowest BCUT2D eigenvalue weighted by Crippen LogP contribution is -2.31. The molecular formula is C24H21N3O2S. The number of H-pyrrole nitrogens is 1. The maximum absolute atomic E-state index is 13.2. The van der Waals surface area contributed by atoms with E-state index in [1.54, 1.807) is 35.6 Å². The summed E-state index contributed by atoms with van der Waals surface area (Å²) in [6.45, 7) is 0. The molecule has 1 amide bonds. The second-order valence-electron chi connectivity index (χ2n) is 7.60. The topological polar surface area (TPSA) is 74.8 Å². The summed E-state index contributed by atoms with van der Waals surface area (Å²) >= 11 is 1.61. The van der Waals surface area contributed by atoms with Gasteiger partial charge in [-0.1, -0.05) is 42.5 Å². The van der Waals surface area contributed by atoms with Gasteiger partial charge in [0.25, 0.3) is 11.5 Å². The molecule has 1 unspecified atom stereocenters. The highest BCUT2D eigenvalue weighted by Gasteiger charge is 2.23. The molecule has 2 aromatic carbocycles. The molecule has 1 aliphatic rings. The minimum absolute atomic E-state index is 0.227. The second-order valence-corrected chi connectivity index (χ2v) is 8.58. The molecule has 150 valence electrons. The van der Waals surface area contributed by atoms with Gasteiger partial charge in [-0.15, -0.1) is 11.3 Å². The van der Waals surface area contributed by atoms with Crippen LogP contribution in [0, 0.1) is 0 Å². The van der Waals surface area contributed by atoms with Crippen LogP contribution in [0.15, 0.2) is 64.8 Å². The molecule has 30 heavy (non-hydrogen) atoms. The zero-order chi connectivity index (χ0) is 20.5. The molecule has 0 bridgehead atoms. The Balaban J connectivity index is 1.54. The van der Waals surface area contributed by atoms with Crippen molar-refractivity contribution in [1.82, 2.24) is 15.5 Å². The fourth-order valence-electron chi connectivity index (χ4n) is 4.19. The maximum Gasteiger partial charge on any atom is 0.273 e. The van der Waals surface area contributed by atoms with Gasteiger partial charge in [0, 0.05) is 10.3 Å². The minimum Gasteiger partial charge on any atom is -0.339 e. The fraction of sp³-hybridized carbons (Fsp3) is 0.208. The van der Waals surface area contributed by atoms with Crippen LogP contribution in [0.25, 0.3) is 10.8 Å². The Morgan fingerprint density at radius 1 is 1.00 bits per heavy atom. The molecule has 5 rings (SSSR count). The zero-order valence-electron chi connectivity index (χ0n) is 16.4. The van der Waals surface area contributed by atoms with E-state index in [1.807, 2.05) is 17.5 Å². The van der Waals surface area contributed by atoms with E-state index in [1.165, 1.54) is 24.0 Å². The molecule has 0 radical (unpaired) electrons. The third-order valence-electron chi connectivity index (χ3n) is 5.72. The van der Waals surface area contributed by atoms with E-state index in [0.717, 1.165) is 23.3 Å². The van der Waals surface area contributed by atoms with E-state index in [-0.39, 0.29) is 23.2 Å². The number of hydrogen-bond donors (Lipinski definition) is 2. The molecule has 2 N–H and O–H groups in total. The average Bonchev–Trinajstić information content (AvgIpc) is 3.32. The van der Waals surface area contributed by atoms with Crippen molar-refractivity contribution in [3.63, 3.8) is 0 Å². The monoisotopic (exact) mass is 415 g/mol. The Kier molecular flexibility index (Phi) is 4.93. The predicted octanol–water partition coefficient (Wildman–Crippen LogP) is 4.38. The summed E-state index contributed by atoms with van der Waals surface area (Å²) in [6, 6.07) is 17.4. The van der Waals surface area contributed by atoms with Gasteiger partial charge in [-0.05, 0) is 59.9 Å². The Morgan fingerprint density at radius 2 is 1.80 bits per heavy atom. The number of fused-ring (bicyclic) bond motifs is 2. The molecule has 2 aromatic heterocycles. The minimum atomic E-state index is -0.307. The summed E-state index contributed by atoms with van der Waals surface area (Å²) in [6.07, 6.45) is 4.65. The highest BCUT2D eigenvalue weighted by molar-refractivity contribution is 7.10. The number of aryl methyl sites for hydroxylation is 2. The van der Waals surface area contributed by atoms with Gasteiger partial charge in [0.2, 0.25) is 0 Å². The standard InChI is InChI=1S/C24H21N3O2S/c28-23-19-9-4-3-8-18(19)22(26-27-23)24(29)25-21(20-10-5-13-30-20)17-12-11-15-6-1-2-7-16(15)14-17/h3-5,8-14,21H,1-2,6-7H2,(H,25,29)(H,27,28). The fourth-order valence-corrected chi connectivity index (χ4v) is 5.00. The van der Waals surface area contributed by atoms with E-state index in [9.17, 15) is 9.59 Å². The number of carbonyl (C=O) groups is 1. The number of thiophene rings is 1. The van der Waals surface area contributed by atoms with E-state index < -0.39 is 0 Å². The zero-order valence-corrected chi connectivity index (χ0v) is 17.2. The molecule has 0 saturated carbocycles. The van der Waals surface area contributed by atoms with E-state index in [0.29, 0.717) is 10.8 Å². The summed E-state index contributed by atoms with van der Waals surface area (Å²) in [5.74, 6) is -0.307. The van der Waals surface area contributed by atoms with Crippen LogP contribution in [0.4, 0.5) is 0 Å². The van der Waals surface area contributed by atoms with E-state index in [2.05, 4.69) is 33.7 Å². The van der Waals surface area contributed by atoms with Crippen molar-refractivity contribution >= 4 is 28.0 Å². The van der Waals surface area contributed by atoms with Gasteiger partial charge in [-0.2, -0.15) is 5.10 Å². The Hall–Kier alpha value is -3.25. The van der Waals surface area contributed by atoms with Crippen LogP contribution in [-0.4, -0.2) is 16.1 Å². The van der Waals surface area contributed by atoms with Gasteiger partial charge < -0.3 is 5.32 Å². The number of hydrogen-bond acceptors (Lipinski definition) is 4. The van der Waals surface area contributed by atoms with Crippen molar-refractivity contribution in [3.8, 4) is 0 Å². The van der Waals surface area contributed by atoms with E-state index in [4.69, 9.17) is 0 Å². The van der Waals surface area contributed by atoms with Crippen molar-refractivity contribution in [3.05, 3.63) is 97.6 Å². The number of nitrogens with zero attached hydrogens (tertiary/aromatic N) is 1. The van der Waals surface area contributed by atoms with E-state index >= 15 is 0 Å². The lowest BCUT2D eigenvalue weighted by Gasteiger charge is -2.22. The summed E-state index contributed by atoms with van der Waals surface area (Å²) < 4.78 is 0. The normalized spacial score (nSPS) is 14.3. The maximum atomic E-state index is 13.2. The molecule has 0 fully saturated rings. The number of carbonyl (C=O) groups excluding carboxylic acids is 1. The molecule has 1 atom stereocenters. The van der Waals surface area contributed by atoms with Crippen LogP contribution in [0.2, 0.25) is 0 Å². The van der Waals surface area contributed by atoms with Crippen LogP contribution in [0.3, 0.4) is 0 Å². The van der Waals surface area contributed by atoms with Crippen LogP contribution in [0.1, 0.15) is 50.9 Å². The van der Waals surface area contributed by atoms with Gasteiger partial charge in [-0.25, -0.2) is 5.10 Å². The highest BCUT2D eigenvalue weighted by Crippen LogP contribution is 2.30. The van der Waals surface area contributed by atoms with Gasteiger partial charge in [0.1, 0.15) is 0 Å². The van der Waals surface area contributed by atoms with Crippen LogP contribution in [-0.2, 0) is 12.8 Å².